The number of unbranched alkanes of at least 4 members (excludes halogenated alkanes) is 43. The minimum absolute atomic E-state index is 0.181. The quantitative estimate of drug-likeness (QED) is 0.0211. The van der Waals surface area contributed by atoms with Crippen molar-refractivity contribution in [1.29, 1.82) is 0 Å². The summed E-state index contributed by atoms with van der Waals surface area (Å²) in [6.07, 6.45) is 74.2. The number of likely N-dealkylation sites (N-methyl/N-ethyl adjacent to an activating group) is 1. The Bertz CT molecular complexity index is 1390. The van der Waals surface area contributed by atoms with Gasteiger partial charge in [-0.3, -0.25) is 9.59 Å². The van der Waals surface area contributed by atoms with Crippen molar-refractivity contribution in [2.24, 2.45) is 0 Å². The summed E-state index contributed by atoms with van der Waals surface area (Å²) in [7, 11) is 5.98. The molecule has 0 rings (SSSR count). The minimum Gasteiger partial charge on any atom is -0.477 e. The van der Waals surface area contributed by atoms with Crippen LogP contribution in [-0.2, 0) is 33.3 Å². The van der Waals surface area contributed by atoms with Crippen molar-refractivity contribution in [3.63, 3.8) is 0 Å². The fraction of sp³-hybridized carbons (Fsp3) is 0.871. The van der Waals surface area contributed by atoms with E-state index in [1.54, 1.807) is 0 Å². The third kappa shape index (κ3) is 63.0. The van der Waals surface area contributed by atoms with Gasteiger partial charge in [-0.25, -0.2) is 4.79 Å². The average Bonchev–Trinajstić information content (AvgIpc) is 3.42. The SMILES string of the molecule is CCCCCCC/C=C\C/C=C\CCCCCCCCCCCCCCCCCCCCCCCCCCCCCC(=O)OC(COC(=O)CCCCCCC/C=C\CCCCCCCC)COC(OCC[N+](C)(C)C)C(=O)O. The van der Waals surface area contributed by atoms with Crippen molar-refractivity contribution >= 4 is 17.9 Å². The fourth-order valence-electron chi connectivity index (χ4n) is 10.1. The monoisotopic (exact) mass is 1110 g/mol. The van der Waals surface area contributed by atoms with E-state index in [1.807, 2.05) is 21.1 Å². The second-order valence-corrected chi connectivity index (χ2v) is 24.5. The van der Waals surface area contributed by atoms with E-state index in [2.05, 4.69) is 50.3 Å². The Labute approximate surface area is 490 Å². The molecule has 464 valence electrons. The molecule has 0 amide bonds. The first-order valence-corrected chi connectivity index (χ1v) is 34.2. The molecular formula is C70H132NO8+. The van der Waals surface area contributed by atoms with Crippen LogP contribution in [0.2, 0.25) is 0 Å². The molecule has 0 aromatic rings. The number of aliphatic carboxylic acids is 1. The van der Waals surface area contributed by atoms with Crippen LogP contribution in [0.4, 0.5) is 0 Å². The normalized spacial score (nSPS) is 12.9. The zero-order chi connectivity index (χ0) is 57.6. The fourth-order valence-corrected chi connectivity index (χ4v) is 10.1. The van der Waals surface area contributed by atoms with Crippen LogP contribution < -0.4 is 0 Å². The Balaban J connectivity index is 3.93. The molecule has 9 heteroatoms. The average molecular weight is 1120 g/mol. The van der Waals surface area contributed by atoms with Gasteiger partial charge in [-0.05, 0) is 70.6 Å². The van der Waals surface area contributed by atoms with Gasteiger partial charge in [0, 0.05) is 12.8 Å². The number of carboxylic acid groups (broad SMARTS) is 1. The van der Waals surface area contributed by atoms with Gasteiger partial charge in [-0.1, -0.05) is 288 Å². The lowest BCUT2D eigenvalue weighted by Gasteiger charge is -2.25. The molecule has 0 spiro atoms. The van der Waals surface area contributed by atoms with Gasteiger partial charge in [0.05, 0.1) is 34.4 Å². The standard InChI is InChI=1S/C70H131NO8/c1-6-8-10-12-14-16-18-20-22-23-24-25-26-27-28-29-30-31-32-33-34-35-36-37-38-39-40-41-42-43-44-45-47-49-51-53-55-57-59-61-68(73)79-66(65-78-70(69(74)75)76-63-62-71(3,4)5)64-77-67(72)60-58-56-54-52-50-48-46-21-19-17-15-13-11-9-7-2/h18,20-21,23-24,46,66,70H,6-17,19,22,25-45,47-65H2,1-5H3/p+1/b20-18-,24-23-,46-21-. The van der Waals surface area contributed by atoms with Crippen LogP contribution in [0.15, 0.2) is 36.5 Å². The van der Waals surface area contributed by atoms with Crippen molar-refractivity contribution < 1.29 is 42.9 Å². The third-order valence-corrected chi connectivity index (χ3v) is 15.4. The summed E-state index contributed by atoms with van der Waals surface area (Å²) in [5.74, 6) is -1.99. The second-order valence-electron chi connectivity index (χ2n) is 24.5. The van der Waals surface area contributed by atoms with Crippen molar-refractivity contribution in [3.8, 4) is 0 Å². The van der Waals surface area contributed by atoms with Crippen LogP contribution in [0.1, 0.15) is 335 Å². The number of carboxylic acids is 1. The number of ether oxygens (including phenoxy) is 4. The molecule has 0 aliphatic heterocycles. The molecule has 0 fully saturated rings. The molecule has 0 bridgehead atoms. The first kappa shape index (κ1) is 76.5. The molecule has 2 unspecified atom stereocenters. The largest absolute Gasteiger partial charge is 0.477 e. The van der Waals surface area contributed by atoms with Gasteiger partial charge in [0.15, 0.2) is 6.10 Å². The summed E-state index contributed by atoms with van der Waals surface area (Å²) in [5.41, 5.74) is 0. The summed E-state index contributed by atoms with van der Waals surface area (Å²) in [6.45, 7) is 4.90. The molecule has 0 saturated carbocycles. The number of quaternary nitrogens is 1. The van der Waals surface area contributed by atoms with Crippen molar-refractivity contribution in [2.45, 2.75) is 347 Å². The van der Waals surface area contributed by atoms with Gasteiger partial charge in [-0.2, -0.15) is 0 Å². The van der Waals surface area contributed by atoms with E-state index in [-0.39, 0.29) is 38.2 Å². The smallest absolute Gasteiger partial charge is 0.361 e. The van der Waals surface area contributed by atoms with E-state index >= 15 is 0 Å². The first-order chi connectivity index (χ1) is 38.6. The molecule has 0 aliphatic carbocycles. The molecule has 79 heavy (non-hydrogen) atoms. The Morgan fingerprint density at radius 1 is 0.380 bits per heavy atom. The molecule has 0 heterocycles. The topological polar surface area (TPSA) is 108 Å². The van der Waals surface area contributed by atoms with E-state index in [0.717, 1.165) is 57.8 Å². The lowest BCUT2D eigenvalue weighted by molar-refractivity contribution is -0.870. The number of esters is 2. The van der Waals surface area contributed by atoms with Crippen molar-refractivity contribution in [3.05, 3.63) is 36.5 Å². The predicted molar refractivity (Wildman–Crippen MR) is 337 cm³/mol. The molecule has 0 saturated heterocycles. The lowest BCUT2D eigenvalue weighted by atomic mass is 10.0. The molecule has 1 N–H and O–H groups in total. The van der Waals surface area contributed by atoms with Crippen LogP contribution in [-0.4, -0.2) is 87.4 Å². The van der Waals surface area contributed by atoms with Gasteiger partial charge >= 0.3 is 17.9 Å². The molecule has 2 atom stereocenters. The molecule has 0 radical (unpaired) electrons. The Morgan fingerprint density at radius 3 is 1.01 bits per heavy atom. The summed E-state index contributed by atoms with van der Waals surface area (Å²) in [6, 6.07) is 0. The molecule has 0 aromatic carbocycles. The van der Waals surface area contributed by atoms with Gasteiger partial charge in [0.2, 0.25) is 0 Å². The Kier molecular flexibility index (Phi) is 59.6. The Hall–Kier alpha value is -2.49. The van der Waals surface area contributed by atoms with Crippen LogP contribution in [0.5, 0.6) is 0 Å². The number of carbonyl (C=O) groups excluding carboxylic acids is 2. The highest BCUT2D eigenvalue weighted by Gasteiger charge is 2.25. The number of carbonyl (C=O) groups is 3. The third-order valence-electron chi connectivity index (χ3n) is 15.4. The van der Waals surface area contributed by atoms with Gasteiger partial charge < -0.3 is 28.5 Å². The lowest BCUT2D eigenvalue weighted by Crippen LogP contribution is -2.40. The second kappa shape index (κ2) is 61.6. The van der Waals surface area contributed by atoms with E-state index in [0.29, 0.717) is 17.4 Å². The Morgan fingerprint density at radius 2 is 0.684 bits per heavy atom. The van der Waals surface area contributed by atoms with Crippen LogP contribution in [0.3, 0.4) is 0 Å². The zero-order valence-electron chi connectivity index (χ0n) is 53.1. The summed E-state index contributed by atoms with van der Waals surface area (Å²) >= 11 is 0. The number of rotatable bonds is 64. The molecule has 9 nitrogen and oxygen atoms in total. The van der Waals surface area contributed by atoms with Crippen molar-refractivity contribution in [1.82, 2.24) is 0 Å². The van der Waals surface area contributed by atoms with E-state index in [1.165, 1.54) is 250 Å². The maximum Gasteiger partial charge on any atom is 0.361 e. The maximum absolute atomic E-state index is 12.9. The highest BCUT2D eigenvalue weighted by atomic mass is 16.7. The zero-order valence-corrected chi connectivity index (χ0v) is 53.1. The van der Waals surface area contributed by atoms with Crippen LogP contribution in [0, 0.1) is 0 Å². The molecule has 0 aromatic heterocycles. The van der Waals surface area contributed by atoms with Crippen LogP contribution >= 0.6 is 0 Å². The summed E-state index contributed by atoms with van der Waals surface area (Å²) < 4.78 is 22.9. The highest BCUT2D eigenvalue weighted by Crippen LogP contribution is 2.18. The summed E-state index contributed by atoms with van der Waals surface area (Å²) in [4.78, 5) is 37.5. The van der Waals surface area contributed by atoms with Crippen LogP contribution in [0.25, 0.3) is 0 Å². The highest BCUT2D eigenvalue weighted by molar-refractivity contribution is 5.71. The van der Waals surface area contributed by atoms with Crippen molar-refractivity contribution in [2.75, 3.05) is 47.5 Å². The minimum atomic E-state index is -1.51. The number of allylic oxidation sites excluding steroid dienone is 6. The predicted octanol–water partition coefficient (Wildman–Crippen LogP) is 20.8. The summed E-state index contributed by atoms with van der Waals surface area (Å²) in [5, 5.41) is 9.71. The van der Waals surface area contributed by atoms with Gasteiger partial charge in [0.1, 0.15) is 13.2 Å². The molecular weight excluding hydrogens is 983 g/mol. The number of hydrogen-bond donors (Lipinski definition) is 1. The van der Waals surface area contributed by atoms with Gasteiger partial charge in [-0.15, -0.1) is 0 Å². The van der Waals surface area contributed by atoms with E-state index in [4.69, 9.17) is 18.9 Å². The van der Waals surface area contributed by atoms with Gasteiger partial charge in [0.25, 0.3) is 6.29 Å². The number of hydrogen-bond acceptors (Lipinski definition) is 7. The molecule has 0 aliphatic rings. The van der Waals surface area contributed by atoms with E-state index < -0.39 is 18.4 Å². The number of nitrogens with zero attached hydrogens (tertiary/aromatic N) is 1. The van der Waals surface area contributed by atoms with E-state index in [9.17, 15) is 19.5 Å². The maximum atomic E-state index is 12.9. The first-order valence-electron chi connectivity index (χ1n) is 34.2.